The molecule has 1 aromatic rings. The first-order chi connectivity index (χ1) is 12.3. The molecule has 9 heteroatoms. The fourth-order valence-corrected chi connectivity index (χ4v) is 4.11. The summed E-state index contributed by atoms with van der Waals surface area (Å²) < 4.78 is 37.5. The second-order valence-electron chi connectivity index (χ2n) is 6.39. The molecule has 0 bridgehead atoms. The number of nitrogens with one attached hydrogen (secondary N) is 1. The molecule has 1 heterocycles. The number of amides is 1. The Morgan fingerprint density at radius 3 is 2.58 bits per heavy atom. The first kappa shape index (κ1) is 20.5. The van der Waals surface area contributed by atoms with E-state index in [1.54, 1.807) is 20.3 Å². The van der Waals surface area contributed by atoms with Gasteiger partial charge in [0.2, 0.25) is 5.91 Å². The molecule has 0 aliphatic carbocycles. The van der Waals surface area contributed by atoms with Gasteiger partial charge in [-0.2, -0.15) is 17.0 Å². The van der Waals surface area contributed by atoms with Crippen molar-refractivity contribution in [2.45, 2.75) is 19.4 Å². The summed E-state index contributed by atoms with van der Waals surface area (Å²) >= 11 is 0. The van der Waals surface area contributed by atoms with Crippen molar-refractivity contribution in [2.24, 2.45) is 5.92 Å². The average molecular weight is 385 g/mol. The molecule has 1 aromatic carbocycles. The van der Waals surface area contributed by atoms with Gasteiger partial charge >= 0.3 is 0 Å². The number of carbonyl (C=O) groups is 1. The SMILES string of the molecule is COc1ccc(CNC(=O)[C@@H]2CCCN(S(=O)(=O)N(C)C)C2)cc1OC. The molecule has 0 unspecified atom stereocenters. The molecule has 1 fully saturated rings. The Morgan fingerprint density at radius 1 is 1.27 bits per heavy atom. The van der Waals surface area contributed by atoms with Crippen LogP contribution in [-0.4, -0.2) is 64.3 Å². The highest BCUT2D eigenvalue weighted by Gasteiger charge is 2.33. The maximum atomic E-state index is 12.5. The van der Waals surface area contributed by atoms with E-state index in [0.717, 1.165) is 5.56 Å². The Balaban J connectivity index is 1.97. The van der Waals surface area contributed by atoms with Crippen LogP contribution in [-0.2, 0) is 21.5 Å². The number of methoxy groups -OCH3 is 2. The molecule has 2 rings (SSSR count). The highest BCUT2D eigenvalue weighted by molar-refractivity contribution is 7.86. The Hall–Kier alpha value is -1.84. The summed E-state index contributed by atoms with van der Waals surface area (Å²) in [6, 6.07) is 5.44. The van der Waals surface area contributed by atoms with Gasteiger partial charge in [0.05, 0.1) is 20.1 Å². The number of hydrogen-bond acceptors (Lipinski definition) is 5. The standard InChI is InChI=1S/C17H27N3O5S/c1-19(2)26(22,23)20-9-5-6-14(12-20)17(21)18-11-13-7-8-15(24-3)16(10-13)25-4/h7-8,10,14H,5-6,9,11-12H2,1-4H3,(H,18,21)/t14-/m1/s1. The third kappa shape index (κ3) is 4.66. The van der Waals surface area contributed by atoms with Crippen molar-refractivity contribution in [3.05, 3.63) is 23.8 Å². The lowest BCUT2D eigenvalue weighted by atomic mass is 9.98. The maximum absolute atomic E-state index is 12.5. The fraction of sp³-hybridized carbons (Fsp3) is 0.588. The van der Waals surface area contributed by atoms with Crippen LogP contribution in [0.15, 0.2) is 18.2 Å². The zero-order chi connectivity index (χ0) is 19.3. The molecule has 146 valence electrons. The van der Waals surface area contributed by atoms with Gasteiger partial charge in [0.1, 0.15) is 0 Å². The van der Waals surface area contributed by atoms with E-state index >= 15 is 0 Å². The largest absolute Gasteiger partial charge is 0.493 e. The lowest BCUT2D eigenvalue weighted by Crippen LogP contribution is -2.48. The molecular formula is C17H27N3O5S. The first-order valence-corrected chi connectivity index (χ1v) is 9.85. The normalized spacial score (nSPS) is 18.6. The molecule has 1 atom stereocenters. The quantitative estimate of drug-likeness (QED) is 0.751. The number of hydrogen-bond donors (Lipinski definition) is 1. The topological polar surface area (TPSA) is 88.2 Å². The van der Waals surface area contributed by atoms with E-state index in [-0.39, 0.29) is 18.4 Å². The zero-order valence-corrected chi connectivity index (χ0v) is 16.5. The molecule has 1 aliphatic rings. The van der Waals surface area contributed by atoms with Crippen LogP contribution < -0.4 is 14.8 Å². The monoisotopic (exact) mass is 385 g/mol. The highest BCUT2D eigenvalue weighted by Crippen LogP contribution is 2.27. The number of rotatable bonds is 7. The Labute approximate surface area is 155 Å². The molecule has 1 N–H and O–H groups in total. The first-order valence-electron chi connectivity index (χ1n) is 8.45. The van der Waals surface area contributed by atoms with Crippen LogP contribution in [0.4, 0.5) is 0 Å². The molecule has 1 amide bonds. The molecular weight excluding hydrogens is 358 g/mol. The van der Waals surface area contributed by atoms with Gasteiger partial charge in [-0.15, -0.1) is 0 Å². The van der Waals surface area contributed by atoms with Crippen molar-refractivity contribution in [1.29, 1.82) is 0 Å². The third-order valence-corrected chi connectivity index (χ3v) is 6.36. The van der Waals surface area contributed by atoms with Crippen LogP contribution >= 0.6 is 0 Å². The Bertz CT molecular complexity index is 736. The summed E-state index contributed by atoms with van der Waals surface area (Å²) in [4.78, 5) is 12.5. The predicted octanol–water partition coefficient (Wildman–Crippen LogP) is 0.838. The number of piperidine rings is 1. The van der Waals surface area contributed by atoms with Gasteiger partial charge in [-0.05, 0) is 30.5 Å². The fourth-order valence-electron chi connectivity index (χ4n) is 2.92. The van der Waals surface area contributed by atoms with Gasteiger partial charge < -0.3 is 14.8 Å². The smallest absolute Gasteiger partial charge is 0.281 e. The van der Waals surface area contributed by atoms with Crippen molar-refractivity contribution in [3.8, 4) is 11.5 Å². The van der Waals surface area contributed by atoms with Crippen LogP contribution in [0.3, 0.4) is 0 Å². The Kier molecular flexibility index (Phi) is 6.85. The van der Waals surface area contributed by atoms with E-state index in [9.17, 15) is 13.2 Å². The zero-order valence-electron chi connectivity index (χ0n) is 15.7. The Morgan fingerprint density at radius 2 is 1.96 bits per heavy atom. The summed E-state index contributed by atoms with van der Waals surface area (Å²) in [6.07, 6.45) is 1.35. The lowest BCUT2D eigenvalue weighted by molar-refractivity contribution is -0.126. The number of carbonyl (C=O) groups excluding carboxylic acids is 1. The van der Waals surface area contributed by atoms with Gasteiger partial charge in [0, 0.05) is 33.7 Å². The minimum Gasteiger partial charge on any atom is -0.493 e. The predicted molar refractivity (Wildman–Crippen MR) is 98.3 cm³/mol. The number of nitrogens with zero attached hydrogens (tertiary/aromatic N) is 2. The minimum absolute atomic E-state index is 0.140. The van der Waals surface area contributed by atoms with E-state index in [2.05, 4.69) is 5.32 Å². The summed E-state index contributed by atoms with van der Waals surface area (Å²) in [6.45, 7) is 0.994. The van der Waals surface area contributed by atoms with Crippen LogP contribution in [0.5, 0.6) is 11.5 Å². The average Bonchev–Trinajstić information content (AvgIpc) is 2.65. The van der Waals surface area contributed by atoms with Gasteiger partial charge in [0.15, 0.2) is 11.5 Å². The molecule has 1 aliphatic heterocycles. The van der Waals surface area contributed by atoms with E-state index < -0.39 is 10.2 Å². The number of ether oxygens (including phenoxy) is 2. The van der Waals surface area contributed by atoms with Gasteiger partial charge in [-0.25, -0.2) is 0 Å². The van der Waals surface area contributed by atoms with Gasteiger partial charge in [-0.3, -0.25) is 4.79 Å². The van der Waals surface area contributed by atoms with Crippen molar-refractivity contribution in [2.75, 3.05) is 41.4 Å². The van der Waals surface area contributed by atoms with Gasteiger partial charge in [0.25, 0.3) is 10.2 Å². The maximum Gasteiger partial charge on any atom is 0.281 e. The molecule has 0 spiro atoms. The lowest BCUT2D eigenvalue weighted by Gasteiger charge is -2.32. The van der Waals surface area contributed by atoms with Crippen LogP contribution in [0, 0.1) is 5.92 Å². The van der Waals surface area contributed by atoms with E-state index in [1.165, 1.54) is 22.7 Å². The highest BCUT2D eigenvalue weighted by atomic mass is 32.2. The van der Waals surface area contributed by atoms with Crippen molar-refractivity contribution in [1.82, 2.24) is 13.9 Å². The minimum atomic E-state index is -3.49. The second-order valence-corrected chi connectivity index (χ2v) is 8.54. The second kappa shape index (κ2) is 8.70. The van der Waals surface area contributed by atoms with Crippen molar-refractivity contribution >= 4 is 16.1 Å². The van der Waals surface area contributed by atoms with Crippen molar-refractivity contribution in [3.63, 3.8) is 0 Å². The summed E-state index contributed by atoms with van der Waals surface area (Å²) in [5.41, 5.74) is 0.879. The van der Waals surface area contributed by atoms with Crippen LogP contribution in [0.25, 0.3) is 0 Å². The molecule has 0 aromatic heterocycles. The molecule has 0 saturated carbocycles. The van der Waals surface area contributed by atoms with Crippen molar-refractivity contribution < 1.29 is 22.7 Å². The molecule has 26 heavy (non-hydrogen) atoms. The van der Waals surface area contributed by atoms with E-state index in [0.29, 0.717) is 37.4 Å². The van der Waals surface area contributed by atoms with Crippen LogP contribution in [0.2, 0.25) is 0 Å². The van der Waals surface area contributed by atoms with Gasteiger partial charge in [-0.1, -0.05) is 6.07 Å². The summed E-state index contributed by atoms with van der Waals surface area (Å²) in [5, 5.41) is 2.89. The molecule has 0 radical (unpaired) electrons. The van der Waals surface area contributed by atoms with E-state index in [1.807, 2.05) is 12.1 Å². The molecule has 8 nitrogen and oxygen atoms in total. The summed E-state index contributed by atoms with van der Waals surface area (Å²) in [7, 11) is 2.62. The third-order valence-electron chi connectivity index (χ3n) is 4.46. The molecule has 1 saturated heterocycles. The number of benzene rings is 1. The van der Waals surface area contributed by atoms with Crippen LogP contribution in [0.1, 0.15) is 18.4 Å². The summed E-state index contributed by atoms with van der Waals surface area (Å²) in [5.74, 6) is 0.733. The van der Waals surface area contributed by atoms with E-state index in [4.69, 9.17) is 9.47 Å².